The summed E-state index contributed by atoms with van der Waals surface area (Å²) in [7, 11) is 0. The quantitative estimate of drug-likeness (QED) is 0.541. The van der Waals surface area contributed by atoms with E-state index in [1.807, 2.05) is 0 Å². The van der Waals surface area contributed by atoms with E-state index < -0.39 is 0 Å². The molecule has 2 aromatic heterocycles. The molecule has 2 N–H and O–H groups in total. The zero-order valence-electron chi connectivity index (χ0n) is 16.5. The number of aromatic nitrogens is 2. The van der Waals surface area contributed by atoms with E-state index in [0.717, 1.165) is 74.2 Å². The second-order valence-corrected chi connectivity index (χ2v) is 8.32. The number of quaternary nitrogens is 1. The lowest BCUT2D eigenvalue weighted by Crippen LogP contribution is -3.15. The molecule has 0 radical (unpaired) electrons. The van der Waals surface area contributed by atoms with Crippen LogP contribution in [0.15, 0.2) is 36.4 Å². The summed E-state index contributed by atoms with van der Waals surface area (Å²) in [4.78, 5) is 7.71. The van der Waals surface area contributed by atoms with Crippen molar-refractivity contribution in [1.29, 1.82) is 5.26 Å². The van der Waals surface area contributed by atoms with Crippen LogP contribution >= 0.6 is 0 Å². The summed E-state index contributed by atoms with van der Waals surface area (Å²) in [5.74, 6) is 1.31. The molecule has 3 heterocycles. The van der Waals surface area contributed by atoms with Crippen molar-refractivity contribution >= 4 is 22.5 Å². The van der Waals surface area contributed by atoms with Crippen LogP contribution < -0.4 is 14.2 Å². The minimum atomic E-state index is 0.832. The van der Waals surface area contributed by atoms with Crippen LogP contribution in [0, 0.1) is 11.3 Å². The molecule has 5 heteroatoms. The van der Waals surface area contributed by atoms with Gasteiger partial charge < -0.3 is 4.90 Å². The summed E-state index contributed by atoms with van der Waals surface area (Å²) in [5, 5.41) is 9.94. The summed E-state index contributed by atoms with van der Waals surface area (Å²) in [6.07, 6.45) is 3.22. The second-order valence-electron chi connectivity index (χ2n) is 8.32. The van der Waals surface area contributed by atoms with Crippen LogP contribution in [-0.2, 0) is 12.8 Å². The van der Waals surface area contributed by atoms with Crippen LogP contribution in [0.2, 0.25) is 0 Å². The maximum Gasteiger partial charge on any atom is 0.250 e. The smallest absolute Gasteiger partial charge is 0.250 e. The number of imidazole rings is 1. The normalized spacial score (nSPS) is 17.2. The number of fused-ring (bicyclic) bond motifs is 4. The maximum atomic E-state index is 9.94. The molecule has 0 bridgehead atoms. The fraction of sp³-hybridized carbons (Fsp3) is 0.391. The van der Waals surface area contributed by atoms with Crippen molar-refractivity contribution in [3.05, 3.63) is 53.1 Å². The molecule has 1 aliphatic carbocycles. The van der Waals surface area contributed by atoms with Gasteiger partial charge >= 0.3 is 0 Å². The molecule has 5 nitrogen and oxygen atoms in total. The van der Waals surface area contributed by atoms with Gasteiger partial charge in [-0.25, -0.2) is 0 Å². The first-order valence-electron chi connectivity index (χ1n) is 10.3. The number of benzene rings is 1. The summed E-state index contributed by atoms with van der Waals surface area (Å²) in [5.41, 5.74) is 7.96. The molecule has 28 heavy (non-hydrogen) atoms. The van der Waals surface area contributed by atoms with Gasteiger partial charge in [0.25, 0.3) is 0 Å². The van der Waals surface area contributed by atoms with Gasteiger partial charge in [-0.3, -0.25) is 9.88 Å². The number of pyridine rings is 1. The fourth-order valence-electron chi connectivity index (χ4n) is 5.11. The van der Waals surface area contributed by atoms with Crippen molar-refractivity contribution < 1.29 is 9.30 Å². The van der Waals surface area contributed by atoms with Crippen molar-refractivity contribution in [3.8, 4) is 6.07 Å². The van der Waals surface area contributed by atoms with E-state index in [1.54, 1.807) is 4.90 Å². The number of nitriles is 1. The van der Waals surface area contributed by atoms with Gasteiger partial charge in [0, 0.05) is 5.56 Å². The number of anilines is 1. The fourth-order valence-corrected chi connectivity index (χ4v) is 5.11. The highest BCUT2D eigenvalue weighted by Crippen LogP contribution is 2.34. The Bertz CT molecular complexity index is 1130. The van der Waals surface area contributed by atoms with Crippen molar-refractivity contribution in [2.24, 2.45) is 0 Å². The average molecular weight is 374 g/mol. The molecule has 5 rings (SSSR count). The zero-order chi connectivity index (χ0) is 19.3. The van der Waals surface area contributed by atoms with E-state index in [0.29, 0.717) is 0 Å². The van der Waals surface area contributed by atoms with Crippen molar-refractivity contribution in [3.63, 3.8) is 0 Å². The van der Waals surface area contributed by atoms with Gasteiger partial charge in [0.2, 0.25) is 11.5 Å². The lowest BCUT2D eigenvalue weighted by molar-refractivity contribution is -0.895. The summed E-state index contributed by atoms with van der Waals surface area (Å²) in [6, 6.07) is 10.9. The monoisotopic (exact) mass is 373 g/mol. The molecule has 0 saturated carbocycles. The number of nitrogens with zero attached hydrogens (tertiary/aromatic N) is 3. The zero-order valence-corrected chi connectivity index (χ0v) is 16.5. The van der Waals surface area contributed by atoms with Gasteiger partial charge in [-0.2, -0.15) is 9.66 Å². The van der Waals surface area contributed by atoms with E-state index in [1.165, 1.54) is 22.5 Å². The second kappa shape index (κ2) is 6.65. The van der Waals surface area contributed by atoms with E-state index in [4.69, 9.17) is 0 Å². The number of piperazine rings is 1. The van der Waals surface area contributed by atoms with Gasteiger partial charge in [-0.1, -0.05) is 18.7 Å². The first-order valence-corrected chi connectivity index (χ1v) is 10.3. The Morgan fingerprint density at radius 3 is 2.75 bits per heavy atom. The van der Waals surface area contributed by atoms with Gasteiger partial charge in [0.1, 0.15) is 48.8 Å². The molecule has 1 aliphatic heterocycles. The van der Waals surface area contributed by atoms with Gasteiger partial charge in [0.05, 0.1) is 6.54 Å². The number of H-pyrrole nitrogens is 1. The molecule has 0 unspecified atom stereocenters. The molecule has 0 amide bonds. The third-order valence-electron chi connectivity index (χ3n) is 6.29. The molecule has 1 aromatic carbocycles. The molecule has 142 valence electrons. The highest BCUT2D eigenvalue weighted by atomic mass is 15.3. The predicted octanol–water partition coefficient (Wildman–Crippen LogP) is 1.55. The van der Waals surface area contributed by atoms with E-state index in [-0.39, 0.29) is 0 Å². The first kappa shape index (κ1) is 17.3. The maximum absolute atomic E-state index is 9.94. The van der Waals surface area contributed by atoms with Crippen molar-refractivity contribution in [2.45, 2.75) is 26.2 Å². The SMILES string of the molecule is C=C(C)C[NH+]1CCN(c2c3c(c(C#N)c4[nH]c5ccccc5[n+]24)CCC3)CC1. The molecule has 1 fully saturated rings. The summed E-state index contributed by atoms with van der Waals surface area (Å²) in [6.45, 7) is 11.6. The number of hydrogen-bond donors (Lipinski definition) is 2. The molecule has 0 spiro atoms. The molecule has 2 aliphatic rings. The van der Waals surface area contributed by atoms with Crippen molar-refractivity contribution in [2.75, 3.05) is 37.6 Å². The van der Waals surface area contributed by atoms with Crippen LogP contribution in [0.3, 0.4) is 0 Å². The van der Waals surface area contributed by atoms with E-state index in [9.17, 15) is 5.26 Å². The Morgan fingerprint density at radius 2 is 2.00 bits per heavy atom. The standard InChI is InChI=1S/C23H25N5/c1-16(2)15-26-10-12-27(13-11-26)23-18-7-5-6-17(18)19(14-24)22-25-20-8-3-4-9-21(20)28(22)23/h3-4,8-9H,1,5-7,10-13,15H2,2H3/p+2. The van der Waals surface area contributed by atoms with Gasteiger partial charge in [-0.15, -0.1) is 0 Å². The minimum Gasteiger partial charge on any atom is -0.326 e. The van der Waals surface area contributed by atoms with Crippen LogP contribution in [0.5, 0.6) is 0 Å². The number of para-hydroxylation sites is 2. The van der Waals surface area contributed by atoms with E-state index >= 15 is 0 Å². The Kier molecular flexibility index (Phi) is 4.10. The lowest BCUT2D eigenvalue weighted by atomic mass is 10.0. The Balaban J connectivity index is 1.69. The van der Waals surface area contributed by atoms with E-state index in [2.05, 4.69) is 58.1 Å². The van der Waals surface area contributed by atoms with Gasteiger partial charge in [0.15, 0.2) is 0 Å². The first-order chi connectivity index (χ1) is 13.7. The third-order valence-corrected chi connectivity index (χ3v) is 6.29. The molecule has 0 atom stereocenters. The highest BCUT2D eigenvalue weighted by molar-refractivity contribution is 5.78. The van der Waals surface area contributed by atoms with Crippen LogP contribution in [0.25, 0.3) is 16.7 Å². The van der Waals surface area contributed by atoms with Crippen molar-refractivity contribution in [1.82, 2.24) is 4.98 Å². The molecular weight excluding hydrogens is 346 g/mol. The molecule has 3 aromatic rings. The molecular formula is C23H27N5+2. The number of aromatic amines is 1. The highest BCUT2D eigenvalue weighted by Gasteiger charge is 2.35. The number of nitrogens with one attached hydrogen (secondary N) is 2. The van der Waals surface area contributed by atoms with Gasteiger partial charge in [-0.05, 0) is 49.5 Å². The lowest BCUT2D eigenvalue weighted by Gasteiger charge is -2.31. The summed E-state index contributed by atoms with van der Waals surface area (Å²) < 4.78 is 2.32. The Morgan fingerprint density at radius 1 is 1.25 bits per heavy atom. The summed E-state index contributed by atoms with van der Waals surface area (Å²) >= 11 is 0. The average Bonchev–Trinajstić information content (AvgIpc) is 3.31. The minimum absolute atomic E-state index is 0.832. The number of hydrogen-bond acceptors (Lipinski definition) is 2. The Labute approximate surface area is 165 Å². The van der Waals surface area contributed by atoms with Crippen LogP contribution in [0.4, 0.5) is 5.82 Å². The van der Waals surface area contributed by atoms with Crippen LogP contribution in [0.1, 0.15) is 30.0 Å². The third kappa shape index (κ3) is 2.60. The topological polar surface area (TPSA) is 51.4 Å². The predicted molar refractivity (Wildman–Crippen MR) is 111 cm³/mol. The largest absolute Gasteiger partial charge is 0.326 e. The number of rotatable bonds is 3. The van der Waals surface area contributed by atoms with Crippen LogP contribution in [-0.4, -0.2) is 37.7 Å². The Hall–Kier alpha value is -2.84. The molecule has 1 saturated heterocycles.